The maximum atomic E-state index is 5.80. The molecule has 0 aromatic carbocycles. The van der Waals surface area contributed by atoms with Crippen molar-refractivity contribution < 1.29 is 9.47 Å². The molecule has 0 aliphatic carbocycles. The lowest BCUT2D eigenvalue weighted by molar-refractivity contribution is -0.102. The van der Waals surface area contributed by atoms with Crippen LogP contribution in [0.4, 0.5) is 0 Å². The van der Waals surface area contributed by atoms with E-state index in [-0.39, 0.29) is 12.1 Å². The zero-order valence-corrected chi connectivity index (χ0v) is 12.6. The second-order valence-electron chi connectivity index (χ2n) is 4.12. The summed E-state index contributed by atoms with van der Waals surface area (Å²) in [6, 6.07) is 2.45. The molecule has 1 aliphatic rings. The van der Waals surface area contributed by atoms with E-state index in [0.29, 0.717) is 19.8 Å². The molecule has 0 bridgehead atoms. The van der Waals surface area contributed by atoms with Crippen LogP contribution in [-0.4, -0.2) is 32.5 Å². The largest absolute Gasteiger partial charge is 0.376 e. The van der Waals surface area contributed by atoms with Crippen LogP contribution in [0.15, 0.2) is 9.85 Å². The zero-order valence-electron chi connectivity index (χ0n) is 10.2. The molecule has 2 unspecified atom stereocenters. The molecule has 1 aromatic heterocycles. The van der Waals surface area contributed by atoms with Crippen molar-refractivity contribution in [1.82, 2.24) is 5.32 Å². The molecule has 1 aromatic rings. The highest BCUT2D eigenvalue weighted by atomic mass is 79.9. The summed E-state index contributed by atoms with van der Waals surface area (Å²) in [5.41, 5.74) is 1.28. The Morgan fingerprint density at radius 1 is 1.59 bits per heavy atom. The van der Waals surface area contributed by atoms with Crippen LogP contribution in [0.3, 0.4) is 0 Å². The van der Waals surface area contributed by atoms with E-state index in [0.717, 1.165) is 6.54 Å². The first kappa shape index (κ1) is 13.5. The maximum Gasteiger partial charge on any atom is 0.101 e. The number of nitrogens with one attached hydrogen (secondary N) is 1. The summed E-state index contributed by atoms with van der Waals surface area (Å²) in [6.07, 6.45) is 0.119. The molecule has 1 N–H and O–H groups in total. The highest BCUT2D eigenvalue weighted by molar-refractivity contribution is 9.11. The van der Waals surface area contributed by atoms with Crippen molar-refractivity contribution in [2.45, 2.75) is 26.0 Å². The van der Waals surface area contributed by atoms with Crippen LogP contribution in [0.1, 0.15) is 23.4 Å². The Morgan fingerprint density at radius 3 is 2.94 bits per heavy atom. The monoisotopic (exact) mass is 319 g/mol. The molecule has 17 heavy (non-hydrogen) atoms. The molecule has 1 saturated heterocycles. The lowest BCUT2D eigenvalue weighted by atomic mass is 10.1. The Balaban J connectivity index is 2.15. The molecule has 3 nitrogen and oxygen atoms in total. The van der Waals surface area contributed by atoms with Crippen molar-refractivity contribution in [1.29, 1.82) is 0 Å². The lowest BCUT2D eigenvalue weighted by Crippen LogP contribution is -2.40. The van der Waals surface area contributed by atoms with Gasteiger partial charge in [-0.25, -0.2) is 0 Å². The van der Waals surface area contributed by atoms with Crippen LogP contribution in [0, 0.1) is 6.92 Å². The molecule has 0 saturated carbocycles. The van der Waals surface area contributed by atoms with E-state index in [2.05, 4.69) is 41.2 Å². The average molecular weight is 320 g/mol. The fourth-order valence-corrected chi connectivity index (χ4v) is 3.67. The predicted molar refractivity (Wildman–Crippen MR) is 73.7 cm³/mol. The minimum absolute atomic E-state index is 0.119. The normalized spacial score (nSPS) is 22.6. The number of likely N-dealkylation sites (N-methyl/N-ethyl adjacent to an activating group) is 1. The smallest absolute Gasteiger partial charge is 0.101 e. The summed E-state index contributed by atoms with van der Waals surface area (Å²) in [5.74, 6) is 0. The molecule has 5 heteroatoms. The minimum atomic E-state index is 0.119. The van der Waals surface area contributed by atoms with E-state index in [9.17, 15) is 0 Å². The van der Waals surface area contributed by atoms with E-state index >= 15 is 0 Å². The standard InChI is InChI=1S/C12H18BrNO2S/c1-3-14-11(9-7-15-4-5-16-9)10-6-8(2)12(13)17-10/h6,9,11,14H,3-5,7H2,1-2H3. The van der Waals surface area contributed by atoms with Crippen molar-refractivity contribution in [2.24, 2.45) is 0 Å². The topological polar surface area (TPSA) is 30.5 Å². The average Bonchev–Trinajstić information content (AvgIpc) is 2.67. The van der Waals surface area contributed by atoms with E-state index in [4.69, 9.17) is 9.47 Å². The van der Waals surface area contributed by atoms with E-state index in [1.165, 1.54) is 14.2 Å². The molecule has 0 spiro atoms. The Kier molecular flexibility index (Phi) is 4.99. The first-order valence-electron chi connectivity index (χ1n) is 5.91. The summed E-state index contributed by atoms with van der Waals surface area (Å²) in [6.45, 7) is 7.24. The van der Waals surface area contributed by atoms with Crippen LogP contribution in [0.2, 0.25) is 0 Å². The number of thiophene rings is 1. The second kappa shape index (κ2) is 6.29. The minimum Gasteiger partial charge on any atom is -0.376 e. The Morgan fingerprint density at radius 2 is 2.41 bits per heavy atom. The van der Waals surface area contributed by atoms with Crippen LogP contribution in [-0.2, 0) is 9.47 Å². The third-order valence-electron chi connectivity index (χ3n) is 2.82. The number of hydrogen-bond acceptors (Lipinski definition) is 4. The van der Waals surface area contributed by atoms with Crippen molar-refractivity contribution in [3.8, 4) is 0 Å². The Hall–Kier alpha value is 0.0600. The fraction of sp³-hybridized carbons (Fsp3) is 0.667. The van der Waals surface area contributed by atoms with Crippen LogP contribution in [0.5, 0.6) is 0 Å². The van der Waals surface area contributed by atoms with Crippen LogP contribution < -0.4 is 5.32 Å². The first-order chi connectivity index (χ1) is 8.22. The number of rotatable bonds is 4. The SMILES string of the molecule is CCNC(c1cc(C)c(Br)s1)C1COCCO1. The quantitative estimate of drug-likeness (QED) is 0.925. The van der Waals surface area contributed by atoms with Gasteiger partial charge in [-0.15, -0.1) is 11.3 Å². The van der Waals surface area contributed by atoms with Crippen molar-refractivity contribution in [3.05, 3.63) is 20.3 Å². The molecule has 2 rings (SSSR count). The number of ether oxygens (including phenoxy) is 2. The van der Waals surface area contributed by atoms with Gasteiger partial charge in [0.15, 0.2) is 0 Å². The Labute approximate surface area is 115 Å². The van der Waals surface area contributed by atoms with Gasteiger partial charge in [-0.05, 0) is 41.0 Å². The molecule has 1 aliphatic heterocycles. The number of halogens is 1. The van der Waals surface area contributed by atoms with Gasteiger partial charge < -0.3 is 14.8 Å². The summed E-state index contributed by atoms with van der Waals surface area (Å²) in [4.78, 5) is 1.31. The highest BCUT2D eigenvalue weighted by Crippen LogP contribution is 2.33. The number of hydrogen-bond donors (Lipinski definition) is 1. The third kappa shape index (κ3) is 3.29. The van der Waals surface area contributed by atoms with Crippen LogP contribution >= 0.6 is 27.3 Å². The summed E-state index contributed by atoms with van der Waals surface area (Å²) in [5, 5.41) is 3.49. The second-order valence-corrected chi connectivity index (χ2v) is 6.53. The third-order valence-corrected chi connectivity index (χ3v) is 5.04. The summed E-state index contributed by atoms with van der Waals surface area (Å²) in [7, 11) is 0. The highest BCUT2D eigenvalue weighted by Gasteiger charge is 2.27. The molecule has 2 heterocycles. The molecule has 96 valence electrons. The fourth-order valence-electron chi connectivity index (χ4n) is 1.97. The maximum absolute atomic E-state index is 5.80. The zero-order chi connectivity index (χ0) is 12.3. The van der Waals surface area contributed by atoms with Gasteiger partial charge in [-0.3, -0.25) is 0 Å². The molecule has 1 fully saturated rings. The van der Waals surface area contributed by atoms with Gasteiger partial charge in [0.05, 0.1) is 29.6 Å². The van der Waals surface area contributed by atoms with Gasteiger partial charge in [0, 0.05) is 4.88 Å². The molecule has 2 atom stereocenters. The van der Waals surface area contributed by atoms with Gasteiger partial charge in [-0.1, -0.05) is 6.92 Å². The van der Waals surface area contributed by atoms with E-state index in [1.54, 1.807) is 11.3 Å². The van der Waals surface area contributed by atoms with Gasteiger partial charge in [0.25, 0.3) is 0 Å². The first-order valence-corrected chi connectivity index (χ1v) is 7.52. The molecular weight excluding hydrogens is 302 g/mol. The molecule has 0 amide bonds. The van der Waals surface area contributed by atoms with Gasteiger partial charge in [-0.2, -0.15) is 0 Å². The summed E-state index contributed by atoms with van der Waals surface area (Å²) >= 11 is 5.35. The molecular formula is C12H18BrNO2S. The Bertz CT molecular complexity index is 344. The van der Waals surface area contributed by atoms with Crippen molar-refractivity contribution in [2.75, 3.05) is 26.4 Å². The van der Waals surface area contributed by atoms with E-state index in [1.807, 2.05) is 0 Å². The van der Waals surface area contributed by atoms with E-state index < -0.39 is 0 Å². The van der Waals surface area contributed by atoms with Gasteiger partial charge in [0.2, 0.25) is 0 Å². The van der Waals surface area contributed by atoms with Crippen molar-refractivity contribution >= 4 is 27.3 Å². The summed E-state index contributed by atoms with van der Waals surface area (Å²) < 4.78 is 12.5. The molecule has 0 radical (unpaired) electrons. The van der Waals surface area contributed by atoms with Gasteiger partial charge in [0.1, 0.15) is 6.10 Å². The number of aryl methyl sites for hydroxylation is 1. The van der Waals surface area contributed by atoms with Crippen molar-refractivity contribution in [3.63, 3.8) is 0 Å². The lowest BCUT2D eigenvalue weighted by Gasteiger charge is -2.30. The van der Waals surface area contributed by atoms with Crippen LogP contribution in [0.25, 0.3) is 0 Å². The van der Waals surface area contributed by atoms with Gasteiger partial charge >= 0.3 is 0 Å². The predicted octanol–water partition coefficient (Wildman–Crippen LogP) is 2.89.